The zero-order valence-electron chi connectivity index (χ0n) is 8.80. The summed E-state index contributed by atoms with van der Waals surface area (Å²) in [7, 11) is 0. The normalized spacial score (nSPS) is 20.7. The molecule has 2 nitrogen and oxygen atoms in total. The van der Waals surface area contributed by atoms with Crippen molar-refractivity contribution in [3.8, 4) is 0 Å². The lowest BCUT2D eigenvalue weighted by Gasteiger charge is -2.10. The summed E-state index contributed by atoms with van der Waals surface area (Å²) in [6.45, 7) is 4.43. The van der Waals surface area contributed by atoms with E-state index in [4.69, 9.17) is 0 Å². The highest BCUT2D eigenvalue weighted by atomic mass is 79.9. The Bertz CT molecular complexity index is 308. The fourth-order valence-electron chi connectivity index (χ4n) is 1.94. The largest absolute Gasteiger partial charge is 0.316 e. The summed E-state index contributed by atoms with van der Waals surface area (Å²) in [5.74, 6) is 0.812. The summed E-state index contributed by atoms with van der Waals surface area (Å²) in [6.07, 6.45) is 1.31. The maximum atomic E-state index is 3.56. The molecule has 1 atom stereocenters. The van der Waals surface area contributed by atoms with Crippen LogP contribution in [0, 0.1) is 5.92 Å². The molecule has 1 fully saturated rings. The van der Waals surface area contributed by atoms with E-state index in [2.05, 4.69) is 50.8 Å². The summed E-state index contributed by atoms with van der Waals surface area (Å²) in [6, 6.07) is 8.38. The van der Waals surface area contributed by atoms with Gasteiger partial charge in [0.25, 0.3) is 0 Å². The average Bonchev–Trinajstić information content (AvgIpc) is 2.74. The molecule has 0 spiro atoms. The van der Waals surface area contributed by atoms with Gasteiger partial charge in [0.2, 0.25) is 0 Å². The van der Waals surface area contributed by atoms with Crippen molar-refractivity contribution in [2.45, 2.75) is 13.0 Å². The van der Waals surface area contributed by atoms with Crippen molar-refractivity contribution in [3.63, 3.8) is 0 Å². The fourth-order valence-corrected chi connectivity index (χ4v) is 2.37. The van der Waals surface area contributed by atoms with Crippen molar-refractivity contribution in [2.75, 3.05) is 19.6 Å². The molecular weight excluding hydrogens is 252 g/mol. The minimum Gasteiger partial charge on any atom is -0.316 e. The van der Waals surface area contributed by atoms with E-state index < -0.39 is 0 Å². The van der Waals surface area contributed by atoms with Crippen LogP contribution >= 0.6 is 15.9 Å². The quantitative estimate of drug-likeness (QED) is 0.875. The molecule has 0 aliphatic carbocycles. The van der Waals surface area contributed by atoms with Crippen molar-refractivity contribution in [2.24, 2.45) is 5.92 Å². The second kappa shape index (κ2) is 5.64. The van der Waals surface area contributed by atoms with E-state index in [-0.39, 0.29) is 0 Å². The standard InChI is InChI=1S/C12H17BrN2/c13-12-4-2-1-3-11(12)9-15-8-10-5-6-14-7-10/h1-4,10,14-15H,5-9H2. The van der Waals surface area contributed by atoms with Gasteiger partial charge in [0, 0.05) is 11.0 Å². The summed E-state index contributed by atoms with van der Waals surface area (Å²) >= 11 is 3.56. The van der Waals surface area contributed by atoms with Crippen LogP contribution in [0.1, 0.15) is 12.0 Å². The Morgan fingerprint density at radius 2 is 2.27 bits per heavy atom. The summed E-state index contributed by atoms with van der Waals surface area (Å²) < 4.78 is 1.20. The van der Waals surface area contributed by atoms with Gasteiger partial charge in [-0.3, -0.25) is 0 Å². The van der Waals surface area contributed by atoms with Gasteiger partial charge in [-0.2, -0.15) is 0 Å². The molecule has 0 radical (unpaired) electrons. The van der Waals surface area contributed by atoms with Gasteiger partial charge >= 0.3 is 0 Å². The van der Waals surface area contributed by atoms with Gasteiger partial charge in [-0.1, -0.05) is 34.1 Å². The molecule has 0 bridgehead atoms. The van der Waals surface area contributed by atoms with Gasteiger partial charge in [-0.05, 0) is 43.6 Å². The monoisotopic (exact) mass is 268 g/mol. The number of halogens is 1. The first-order valence-corrected chi connectivity index (χ1v) is 6.30. The topological polar surface area (TPSA) is 24.1 Å². The summed E-state index contributed by atoms with van der Waals surface area (Å²) in [5, 5.41) is 6.90. The third-order valence-electron chi connectivity index (χ3n) is 2.87. The van der Waals surface area contributed by atoms with E-state index in [0.717, 1.165) is 19.0 Å². The lowest BCUT2D eigenvalue weighted by atomic mass is 10.1. The number of nitrogens with one attached hydrogen (secondary N) is 2. The second-order valence-electron chi connectivity index (χ2n) is 4.08. The van der Waals surface area contributed by atoms with E-state index in [0.29, 0.717) is 0 Å². The van der Waals surface area contributed by atoms with E-state index in [1.54, 1.807) is 0 Å². The molecule has 1 aromatic carbocycles. The first-order chi connectivity index (χ1) is 7.36. The minimum atomic E-state index is 0.812. The molecule has 0 aromatic heterocycles. The SMILES string of the molecule is Brc1ccccc1CNCC1CCNC1. The van der Waals surface area contributed by atoms with Crippen molar-refractivity contribution in [1.82, 2.24) is 10.6 Å². The minimum absolute atomic E-state index is 0.812. The van der Waals surface area contributed by atoms with Crippen LogP contribution in [-0.4, -0.2) is 19.6 Å². The molecule has 15 heavy (non-hydrogen) atoms. The van der Waals surface area contributed by atoms with Gasteiger partial charge in [0.05, 0.1) is 0 Å². The first kappa shape index (κ1) is 11.1. The Balaban J connectivity index is 1.75. The van der Waals surface area contributed by atoms with Crippen molar-refractivity contribution in [1.29, 1.82) is 0 Å². The van der Waals surface area contributed by atoms with Crippen LogP contribution in [0.4, 0.5) is 0 Å². The van der Waals surface area contributed by atoms with Gasteiger partial charge in [0.1, 0.15) is 0 Å². The Hall–Kier alpha value is -0.380. The lowest BCUT2D eigenvalue weighted by Crippen LogP contribution is -2.24. The third kappa shape index (κ3) is 3.30. The Labute approximate surface area is 99.6 Å². The zero-order valence-corrected chi connectivity index (χ0v) is 10.4. The van der Waals surface area contributed by atoms with Gasteiger partial charge in [-0.15, -0.1) is 0 Å². The van der Waals surface area contributed by atoms with Gasteiger partial charge in [-0.25, -0.2) is 0 Å². The molecule has 82 valence electrons. The molecule has 0 amide bonds. The van der Waals surface area contributed by atoms with Crippen LogP contribution in [0.25, 0.3) is 0 Å². The smallest absolute Gasteiger partial charge is 0.0220 e. The average molecular weight is 269 g/mol. The van der Waals surface area contributed by atoms with Crippen molar-refractivity contribution in [3.05, 3.63) is 34.3 Å². The summed E-state index contributed by atoms with van der Waals surface area (Å²) in [4.78, 5) is 0. The summed E-state index contributed by atoms with van der Waals surface area (Å²) in [5.41, 5.74) is 1.34. The van der Waals surface area contributed by atoms with Crippen LogP contribution in [0.5, 0.6) is 0 Å². The number of rotatable bonds is 4. The van der Waals surface area contributed by atoms with Gasteiger partial charge < -0.3 is 10.6 Å². The molecule has 1 aliphatic rings. The molecule has 2 rings (SSSR count). The van der Waals surface area contributed by atoms with Gasteiger partial charge in [0.15, 0.2) is 0 Å². The second-order valence-corrected chi connectivity index (χ2v) is 4.94. The maximum Gasteiger partial charge on any atom is 0.0220 e. The predicted molar refractivity (Wildman–Crippen MR) is 66.8 cm³/mol. The van der Waals surface area contributed by atoms with Crippen LogP contribution in [0.3, 0.4) is 0 Å². The third-order valence-corrected chi connectivity index (χ3v) is 3.64. The fraction of sp³-hybridized carbons (Fsp3) is 0.500. The predicted octanol–water partition coefficient (Wildman–Crippen LogP) is 2.15. The number of benzene rings is 1. The molecular formula is C12H17BrN2. The molecule has 1 aromatic rings. The molecule has 2 N–H and O–H groups in total. The molecule has 1 saturated heterocycles. The Morgan fingerprint density at radius 1 is 1.40 bits per heavy atom. The van der Waals surface area contributed by atoms with E-state index in [1.807, 2.05) is 0 Å². The number of hydrogen-bond donors (Lipinski definition) is 2. The van der Waals surface area contributed by atoms with Crippen LogP contribution < -0.4 is 10.6 Å². The van der Waals surface area contributed by atoms with Crippen LogP contribution in [0.2, 0.25) is 0 Å². The lowest BCUT2D eigenvalue weighted by molar-refractivity contribution is 0.512. The molecule has 1 aliphatic heterocycles. The highest BCUT2D eigenvalue weighted by molar-refractivity contribution is 9.10. The Morgan fingerprint density at radius 3 is 3.00 bits per heavy atom. The zero-order chi connectivity index (χ0) is 10.5. The highest BCUT2D eigenvalue weighted by Gasteiger charge is 2.13. The van der Waals surface area contributed by atoms with Crippen molar-refractivity contribution < 1.29 is 0 Å². The van der Waals surface area contributed by atoms with E-state index >= 15 is 0 Å². The molecule has 3 heteroatoms. The molecule has 1 heterocycles. The first-order valence-electron chi connectivity index (χ1n) is 5.51. The molecule has 1 unspecified atom stereocenters. The maximum absolute atomic E-state index is 3.56. The highest BCUT2D eigenvalue weighted by Crippen LogP contribution is 2.15. The number of hydrogen-bond acceptors (Lipinski definition) is 2. The van der Waals surface area contributed by atoms with Crippen LogP contribution in [-0.2, 0) is 6.54 Å². The van der Waals surface area contributed by atoms with Crippen LogP contribution in [0.15, 0.2) is 28.7 Å². The molecule has 0 saturated carbocycles. The van der Waals surface area contributed by atoms with E-state index in [9.17, 15) is 0 Å². The van der Waals surface area contributed by atoms with Crippen molar-refractivity contribution >= 4 is 15.9 Å². The van der Waals surface area contributed by atoms with E-state index in [1.165, 1.54) is 29.5 Å². The Kier molecular flexibility index (Phi) is 4.18.